The van der Waals surface area contributed by atoms with E-state index in [9.17, 15) is 0 Å². The van der Waals surface area contributed by atoms with Gasteiger partial charge in [0.1, 0.15) is 0 Å². The van der Waals surface area contributed by atoms with Crippen LogP contribution in [0.3, 0.4) is 0 Å². The number of aromatic nitrogens is 3. The maximum absolute atomic E-state index is 4.55. The predicted octanol–water partition coefficient (Wildman–Crippen LogP) is 1.55. The Morgan fingerprint density at radius 1 is 1.41 bits per heavy atom. The van der Waals surface area contributed by atoms with Gasteiger partial charge in [0.15, 0.2) is 0 Å². The van der Waals surface area contributed by atoms with Crippen LogP contribution in [0.15, 0.2) is 24.5 Å². The fraction of sp³-hybridized carbons (Fsp3) is 0.333. The summed E-state index contributed by atoms with van der Waals surface area (Å²) in [7, 11) is 2.00. The van der Waals surface area contributed by atoms with Crippen molar-refractivity contribution in [1.82, 2.24) is 20.1 Å². The van der Waals surface area contributed by atoms with E-state index in [1.165, 1.54) is 17.0 Å². The third-order valence-corrected chi connectivity index (χ3v) is 3.01. The Morgan fingerprint density at radius 2 is 2.29 bits per heavy atom. The minimum atomic E-state index is 0. The molecule has 90 valence electrons. The molecule has 0 saturated heterocycles. The molecule has 0 aliphatic carbocycles. The molecule has 0 bridgehead atoms. The van der Waals surface area contributed by atoms with E-state index in [1.54, 1.807) is 6.20 Å². The second-order valence-electron chi connectivity index (χ2n) is 4.07. The van der Waals surface area contributed by atoms with E-state index in [1.807, 2.05) is 24.0 Å². The molecular formula is C12H15ClN4. The number of pyridine rings is 1. The van der Waals surface area contributed by atoms with Crippen molar-refractivity contribution in [2.45, 2.75) is 13.0 Å². The average Bonchev–Trinajstić information content (AvgIpc) is 2.66. The van der Waals surface area contributed by atoms with Gasteiger partial charge in [0, 0.05) is 37.1 Å². The fourth-order valence-corrected chi connectivity index (χ4v) is 2.31. The zero-order valence-electron chi connectivity index (χ0n) is 9.68. The molecule has 0 atom stereocenters. The second kappa shape index (κ2) is 4.85. The van der Waals surface area contributed by atoms with Gasteiger partial charge in [-0.3, -0.25) is 9.67 Å². The number of rotatable bonds is 1. The minimum Gasteiger partial charge on any atom is -0.311 e. The normalized spacial score (nSPS) is 13.9. The minimum absolute atomic E-state index is 0. The van der Waals surface area contributed by atoms with Gasteiger partial charge >= 0.3 is 0 Å². The standard InChI is InChI=1S/C12H14N4.ClH/c1-16-12(9-3-2-5-13-7-9)10-4-6-14-8-11(10)15-16;/h2-3,5,7,14H,4,6,8H2,1H3;1H. The average molecular weight is 251 g/mol. The Morgan fingerprint density at radius 3 is 3.06 bits per heavy atom. The lowest BCUT2D eigenvalue weighted by Crippen LogP contribution is -2.23. The number of halogens is 1. The molecule has 0 unspecified atom stereocenters. The van der Waals surface area contributed by atoms with Crippen LogP contribution < -0.4 is 5.32 Å². The quantitative estimate of drug-likeness (QED) is 0.835. The Labute approximate surface area is 106 Å². The highest BCUT2D eigenvalue weighted by Gasteiger charge is 2.19. The molecule has 2 aromatic heterocycles. The maximum Gasteiger partial charge on any atom is 0.0801 e. The Hall–Kier alpha value is -1.39. The Bertz CT molecular complexity index is 507. The van der Waals surface area contributed by atoms with Crippen LogP contribution in [-0.4, -0.2) is 21.3 Å². The summed E-state index contributed by atoms with van der Waals surface area (Å²) >= 11 is 0. The van der Waals surface area contributed by atoms with Gasteiger partial charge in [-0.15, -0.1) is 12.4 Å². The molecule has 2 aromatic rings. The van der Waals surface area contributed by atoms with E-state index < -0.39 is 0 Å². The summed E-state index contributed by atoms with van der Waals surface area (Å²) < 4.78 is 1.97. The van der Waals surface area contributed by atoms with Crippen LogP contribution in [0, 0.1) is 0 Å². The number of aryl methyl sites for hydroxylation is 1. The van der Waals surface area contributed by atoms with E-state index in [4.69, 9.17) is 0 Å². The molecule has 0 aromatic carbocycles. The smallest absolute Gasteiger partial charge is 0.0801 e. The van der Waals surface area contributed by atoms with E-state index in [-0.39, 0.29) is 12.4 Å². The van der Waals surface area contributed by atoms with Crippen molar-refractivity contribution in [3.63, 3.8) is 0 Å². The van der Waals surface area contributed by atoms with Crippen LogP contribution in [0.4, 0.5) is 0 Å². The number of hydrogen-bond donors (Lipinski definition) is 1. The highest BCUT2D eigenvalue weighted by atomic mass is 35.5. The number of fused-ring (bicyclic) bond motifs is 1. The first-order valence-corrected chi connectivity index (χ1v) is 5.52. The first-order chi connectivity index (χ1) is 7.86. The van der Waals surface area contributed by atoms with Crippen LogP contribution in [0.2, 0.25) is 0 Å². The van der Waals surface area contributed by atoms with E-state index in [0.29, 0.717) is 0 Å². The molecule has 1 aliphatic heterocycles. The third kappa shape index (κ3) is 2.06. The van der Waals surface area contributed by atoms with Crippen molar-refractivity contribution in [3.05, 3.63) is 35.8 Å². The molecule has 17 heavy (non-hydrogen) atoms. The summed E-state index contributed by atoms with van der Waals surface area (Å²) in [6.45, 7) is 1.91. The lowest BCUT2D eigenvalue weighted by atomic mass is 10.0. The van der Waals surface area contributed by atoms with Gasteiger partial charge in [-0.1, -0.05) is 0 Å². The van der Waals surface area contributed by atoms with Crippen molar-refractivity contribution in [3.8, 4) is 11.3 Å². The van der Waals surface area contributed by atoms with Crippen LogP contribution in [0.1, 0.15) is 11.3 Å². The van der Waals surface area contributed by atoms with Crippen molar-refractivity contribution >= 4 is 12.4 Å². The molecule has 0 spiro atoms. The van der Waals surface area contributed by atoms with E-state index in [0.717, 1.165) is 25.1 Å². The summed E-state index contributed by atoms with van der Waals surface area (Å²) in [6.07, 6.45) is 4.75. The molecule has 1 N–H and O–H groups in total. The lowest BCUT2D eigenvalue weighted by molar-refractivity contribution is 0.625. The molecular weight excluding hydrogens is 236 g/mol. The van der Waals surface area contributed by atoms with Crippen LogP contribution in [0.25, 0.3) is 11.3 Å². The number of nitrogens with one attached hydrogen (secondary N) is 1. The van der Waals surface area contributed by atoms with Crippen molar-refractivity contribution in [2.75, 3.05) is 6.54 Å². The molecule has 0 fully saturated rings. The zero-order valence-corrected chi connectivity index (χ0v) is 10.5. The molecule has 4 nitrogen and oxygen atoms in total. The summed E-state index contributed by atoms with van der Waals surface area (Å²) in [5, 5.41) is 7.90. The van der Waals surface area contributed by atoms with Gasteiger partial charge < -0.3 is 5.32 Å². The summed E-state index contributed by atoms with van der Waals surface area (Å²) in [6, 6.07) is 4.06. The van der Waals surface area contributed by atoms with Gasteiger partial charge in [0.25, 0.3) is 0 Å². The van der Waals surface area contributed by atoms with Crippen molar-refractivity contribution < 1.29 is 0 Å². The van der Waals surface area contributed by atoms with Gasteiger partial charge in [0.05, 0.1) is 11.4 Å². The number of nitrogens with zero attached hydrogens (tertiary/aromatic N) is 3. The highest BCUT2D eigenvalue weighted by Crippen LogP contribution is 2.26. The topological polar surface area (TPSA) is 42.7 Å². The molecule has 0 amide bonds. The predicted molar refractivity (Wildman–Crippen MR) is 69.1 cm³/mol. The molecule has 1 aliphatic rings. The zero-order chi connectivity index (χ0) is 11.0. The van der Waals surface area contributed by atoms with Crippen LogP contribution in [0.5, 0.6) is 0 Å². The van der Waals surface area contributed by atoms with Crippen LogP contribution in [-0.2, 0) is 20.0 Å². The Balaban J connectivity index is 0.00000108. The SMILES string of the molecule is Cl.Cn1nc2c(c1-c1cccnc1)CCNC2. The lowest BCUT2D eigenvalue weighted by Gasteiger charge is -2.12. The molecule has 3 rings (SSSR count). The third-order valence-electron chi connectivity index (χ3n) is 3.01. The van der Waals surface area contributed by atoms with E-state index in [2.05, 4.69) is 21.5 Å². The molecule has 0 radical (unpaired) electrons. The molecule has 3 heterocycles. The van der Waals surface area contributed by atoms with Gasteiger partial charge in [-0.25, -0.2) is 0 Å². The van der Waals surface area contributed by atoms with Crippen molar-refractivity contribution in [2.24, 2.45) is 7.05 Å². The summed E-state index contributed by atoms with van der Waals surface area (Å²) in [5.41, 5.74) is 4.91. The Kier molecular flexibility index (Phi) is 3.45. The van der Waals surface area contributed by atoms with Crippen LogP contribution >= 0.6 is 12.4 Å². The first kappa shape index (κ1) is 12.1. The maximum atomic E-state index is 4.55. The highest BCUT2D eigenvalue weighted by molar-refractivity contribution is 5.85. The van der Waals surface area contributed by atoms with E-state index >= 15 is 0 Å². The summed E-state index contributed by atoms with van der Waals surface area (Å²) in [4.78, 5) is 4.17. The van der Waals surface area contributed by atoms with Gasteiger partial charge in [-0.2, -0.15) is 5.10 Å². The van der Waals surface area contributed by atoms with Crippen molar-refractivity contribution in [1.29, 1.82) is 0 Å². The van der Waals surface area contributed by atoms with Gasteiger partial charge in [0.2, 0.25) is 0 Å². The monoisotopic (exact) mass is 250 g/mol. The fourth-order valence-electron chi connectivity index (χ4n) is 2.31. The first-order valence-electron chi connectivity index (χ1n) is 5.52. The summed E-state index contributed by atoms with van der Waals surface area (Å²) in [5.74, 6) is 0. The number of hydrogen-bond acceptors (Lipinski definition) is 3. The second-order valence-corrected chi connectivity index (χ2v) is 4.07. The molecule has 5 heteroatoms. The van der Waals surface area contributed by atoms with Gasteiger partial charge in [-0.05, 0) is 25.1 Å². The molecule has 0 saturated carbocycles. The largest absolute Gasteiger partial charge is 0.311 e.